The van der Waals surface area contributed by atoms with Crippen molar-refractivity contribution >= 4 is 10.0 Å². The third-order valence-electron chi connectivity index (χ3n) is 3.84. The van der Waals surface area contributed by atoms with E-state index in [-0.39, 0.29) is 16.9 Å². The SMILES string of the molecule is COCCC1(CNS(=O)(=O)c2cc(CN)oc2C)CC1. The molecular formula is C13H22N2O4S. The molecule has 114 valence electrons. The van der Waals surface area contributed by atoms with Crippen LogP contribution in [0.15, 0.2) is 15.4 Å². The highest BCUT2D eigenvalue weighted by Crippen LogP contribution is 2.48. The number of hydrogen-bond donors (Lipinski definition) is 2. The molecule has 1 aliphatic rings. The van der Waals surface area contributed by atoms with Gasteiger partial charge in [0.05, 0.1) is 6.54 Å². The van der Waals surface area contributed by atoms with Crippen molar-refractivity contribution in [1.82, 2.24) is 4.72 Å². The molecule has 0 amide bonds. The van der Waals surface area contributed by atoms with E-state index in [2.05, 4.69) is 4.72 Å². The molecule has 1 saturated carbocycles. The summed E-state index contributed by atoms with van der Waals surface area (Å²) in [7, 11) is -1.88. The van der Waals surface area contributed by atoms with Crippen LogP contribution in [0, 0.1) is 12.3 Å². The Morgan fingerprint density at radius 3 is 2.70 bits per heavy atom. The van der Waals surface area contributed by atoms with Crippen molar-refractivity contribution in [2.24, 2.45) is 11.1 Å². The second-order valence-electron chi connectivity index (χ2n) is 5.40. The molecule has 2 rings (SSSR count). The second kappa shape index (κ2) is 5.85. The fourth-order valence-electron chi connectivity index (χ4n) is 2.23. The number of furan rings is 1. The van der Waals surface area contributed by atoms with Crippen LogP contribution in [-0.4, -0.2) is 28.7 Å². The number of nitrogens with two attached hydrogens (primary N) is 1. The minimum Gasteiger partial charge on any atom is -0.464 e. The molecule has 1 fully saturated rings. The van der Waals surface area contributed by atoms with Crippen LogP contribution in [0.5, 0.6) is 0 Å². The lowest BCUT2D eigenvalue weighted by atomic mass is 10.0. The Hall–Kier alpha value is -0.890. The van der Waals surface area contributed by atoms with E-state index >= 15 is 0 Å². The lowest BCUT2D eigenvalue weighted by Gasteiger charge is -2.15. The molecule has 7 heteroatoms. The van der Waals surface area contributed by atoms with Gasteiger partial charge in [-0.15, -0.1) is 0 Å². The molecule has 6 nitrogen and oxygen atoms in total. The van der Waals surface area contributed by atoms with Crippen molar-refractivity contribution in [2.45, 2.75) is 37.6 Å². The summed E-state index contributed by atoms with van der Waals surface area (Å²) in [6, 6.07) is 1.49. The van der Waals surface area contributed by atoms with Crippen molar-refractivity contribution < 1.29 is 17.6 Å². The van der Waals surface area contributed by atoms with E-state index in [1.807, 2.05) is 0 Å². The van der Waals surface area contributed by atoms with Gasteiger partial charge in [-0.2, -0.15) is 0 Å². The van der Waals surface area contributed by atoms with Gasteiger partial charge in [0.15, 0.2) is 0 Å². The van der Waals surface area contributed by atoms with Gasteiger partial charge >= 0.3 is 0 Å². The van der Waals surface area contributed by atoms with Crippen LogP contribution >= 0.6 is 0 Å². The Balaban J connectivity index is 2.02. The highest BCUT2D eigenvalue weighted by atomic mass is 32.2. The highest BCUT2D eigenvalue weighted by Gasteiger charge is 2.42. The third kappa shape index (κ3) is 3.41. The molecule has 1 heterocycles. The van der Waals surface area contributed by atoms with E-state index in [0.717, 1.165) is 19.3 Å². The van der Waals surface area contributed by atoms with Gasteiger partial charge in [0.25, 0.3) is 0 Å². The van der Waals surface area contributed by atoms with Crippen molar-refractivity contribution in [2.75, 3.05) is 20.3 Å². The summed E-state index contributed by atoms with van der Waals surface area (Å²) in [6.07, 6.45) is 2.96. The molecule has 20 heavy (non-hydrogen) atoms. The molecule has 3 N–H and O–H groups in total. The first kappa shape index (κ1) is 15.5. The highest BCUT2D eigenvalue weighted by molar-refractivity contribution is 7.89. The molecule has 1 aliphatic carbocycles. The predicted molar refractivity (Wildman–Crippen MR) is 74.7 cm³/mol. The number of ether oxygens (including phenoxy) is 1. The minimum absolute atomic E-state index is 0.0669. The first-order valence-corrected chi connectivity index (χ1v) is 8.19. The summed E-state index contributed by atoms with van der Waals surface area (Å²) in [5.74, 6) is 0.850. The molecule has 0 spiro atoms. The summed E-state index contributed by atoms with van der Waals surface area (Å²) < 4.78 is 37.6. The van der Waals surface area contributed by atoms with Gasteiger partial charge in [0.1, 0.15) is 16.4 Å². The molecular weight excluding hydrogens is 280 g/mol. The number of hydrogen-bond acceptors (Lipinski definition) is 5. The van der Waals surface area contributed by atoms with E-state index in [0.29, 0.717) is 24.7 Å². The summed E-state index contributed by atoms with van der Waals surface area (Å²) >= 11 is 0. The first-order valence-electron chi connectivity index (χ1n) is 6.70. The lowest BCUT2D eigenvalue weighted by Crippen LogP contribution is -2.31. The predicted octanol–water partition coefficient (Wildman–Crippen LogP) is 1.14. The Morgan fingerprint density at radius 2 is 2.20 bits per heavy atom. The second-order valence-corrected chi connectivity index (χ2v) is 7.14. The standard InChI is InChI=1S/C13H22N2O4S/c1-10-12(7-11(8-14)19-10)20(16,17)15-9-13(3-4-13)5-6-18-2/h7,15H,3-6,8-9,14H2,1-2H3. The maximum atomic E-state index is 12.3. The average molecular weight is 302 g/mol. The Bertz CT molecular complexity index is 561. The van der Waals surface area contributed by atoms with Crippen LogP contribution in [-0.2, 0) is 21.3 Å². The molecule has 0 aliphatic heterocycles. The molecule has 0 atom stereocenters. The number of rotatable bonds is 8. The van der Waals surface area contributed by atoms with E-state index < -0.39 is 10.0 Å². The Labute approximate surface area is 119 Å². The summed E-state index contributed by atoms with van der Waals surface area (Å²) in [5.41, 5.74) is 5.53. The zero-order valence-corrected chi connectivity index (χ0v) is 12.8. The van der Waals surface area contributed by atoms with Crippen molar-refractivity contribution in [3.8, 4) is 0 Å². The first-order chi connectivity index (χ1) is 9.42. The topological polar surface area (TPSA) is 94.6 Å². The van der Waals surface area contributed by atoms with Crippen molar-refractivity contribution in [3.63, 3.8) is 0 Å². The molecule has 0 saturated heterocycles. The maximum Gasteiger partial charge on any atom is 0.244 e. The molecule has 0 radical (unpaired) electrons. The van der Waals surface area contributed by atoms with Gasteiger partial charge in [-0.3, -0.25) is 0 Å². The van der Waals surface area contributed by atoms with E-state index in [9.17, 15) is 8.42 Å². The van der Waals surface area contributed by atoms with Gasteiger partial charge in [-0.05, 0) is 31.6 Å². The number of nitrogens with one attached hydrogen (secondary N) is 1. The smallest absolute Gasteiger partial charge is 0.244 e. The zero-order valence-electron chi connectivity index (χ0n) is 11.9. The number of methoxy groups -OCH3 is 1. The monoisotopic (exact) mass is 302 g/mol. The van der Waals surface area contributed by atoms with Crippen LogP contribution in [0.3, 0.4) is 0 Å². The normalized spacial score (nSPS) is 17.4. The number of aryl methyl sites for hydroxylation is 1. The number of sulfonamides is 1. The summed E-state index contributed by atoms with van der Waals surface area (Å²) in [6.45, 7) is 2.92. The molecule has 0 aromatic carbocycles. The summed E-state index contributed by atoms with van der Waals surface area (Å²) in [4.78, 5) is 0.181. The largest absolute Gasteiger partial charge is 0.464 e. The zero-order chi connectivity index (χ0) is 14.8. The fourth-order valence-corrected chi connectivity index (χ4v) is 3.59. The van der Waals surface area contributed by atoms with Crippen molar-refractivity contribution in [3.05, 3.63) is 17.6 Å². The van der Waals surface area contributed by atoms with Gasteiger partial charge < -0.3 is 14.9 Å². The minimum atomic E-state index is -3.54. The van der Waals surface area contributed by atoms with E-state index in [1.165, 1.54) is 6.07 Å². The molecule has 1 aromatic rings. The summed E-state index contributed by atoms with van der Waals surface area (Å²) in [5, 5.41) is 0. The van der Waals surface area contributed by atoms with Gasteiger partial charge in [-0.25, -0.2) is 13.1 Å². The Kier molecular flexibility index (Phi) is 4.53. The van der Waals surface area contributed by atoms with Crippen LogP contribution in [0.4, 0.5) is 0 Å². The quantitative estimate of drug-likeness (QED) is 0.751. The maximum absolute atomic E-state index is 12.3. The van der Waals surface area contributed by atoms with Crippen LogP contribution in [0.1, 0.15) is 30.8 Å². The van der Waals surface area contributed by atoms with Gasteiger partial charge in [-0.1, -0.05) is 0 Å². The van der Waals surface area contributed by atoms with Gasteiger partial charge in [0, 0.05) is 26.3 Å². The van der Waals surface area contributed by atoms with E-state index in [4.69, 9.17) is 14.9 Å². The molecule has 0 unspecified atom stereocenters. The fraction of sp³-hybridized carbons (Fsp3) is 0.692. The van der Waals surface area contributed by atoms with Gasteiger partial charge in [0.2, 0.25) is 10.0 Å². The third-order valence-corrected chi connectivity index (χ3v) is 5.35. The average Bonchev–Trinajstić information content (AvgIpc) is 3.09. The van der Waals surface area contributed by atoms with Crippen LogP contribution in [0.2, 0.25) is 0 Å². The van der Waals surface area contributed by atoms with Crippen LogP contribution in [0.25, 0.3) is 0 Å². The van der Waals surface area contributed by atoms with Crippen LogP contribution < -0.4 is 10.5 Å². The Morgan fingerprint density at radius 1 is 1.50 bits per heavy atom. The molecule has 0 bridgehead atoms. The van der Waals surface area contributed by atoms with E-state index in [1.54, 1.807) is 14.0 Å². The molecule has 1 aromatic heterocycles. The lowest BCUT2D eigenvalue weighted by molar-refractivity contribution is 0.173. The van der Waals surface area contributed by atoms with Crippen molar-refractivity contribution in [1.29, 1.82) is 0 Å².